The summed E-state index contributed by atoms with van der Waals surface area (Å²) in [5.41, 5.74) is 1.48. The van der Waals surface area contributed by atoms with Gasteiger partial charge in [0.15, 0.2) is 5.96 Å². The number of rotatable bonds is 6. The van der Waals surface area contributed by atoms with E-state index in [-0.39, 0.29) is 11.7 Å². The minimum absolute atomic E-state index is 0.0745. The highest BCUT2D eigenvalue weighted by molar-refractivity contribution is 5.81. The molecule has 2 rings (SSSR count). The van der Waals surface area contributed by atoms with Gasteiger partial charge in [0.25, 0.3) is 0 Å². The van der Waals surface area contributed by atoms with Crippen molar-refractivity contribution in [2.45, 2.75) is 51.6 Å². The third kappa shape index (κ3) is 5.83. The summed E-state index contributed by atoms with van der Waals surface area (Å²) in [6, 6.07) is 5.51. The summed E-state index contributed by atoms with van der Waals surface area (Å²) in [5, 5.41) is 9.28. The summed E-state index contributed by atoms with van der Waals surface area (Å²) in [4.78, 5) is 16.0. The summed E-state index contributed by atoms with van der Waals surface area (Å²) in [5.74, 6) is 0.468. The highest BCUT2D eigenvalue weighted by atomic mass is 19.1. The molecule has 0 bridgehead atoms. The molecule has 0 heterocycles. The molecule has 0 radical (unpaired) electrons. The molecule has 1 saturated carbocycles. The molecule has 24 heavy (non-hydrogen) atoms. The van der Waals surface area contributed by atoms with Crippen LogP contribution in [0.15, 0.2) is 23.2 Å². The first kappa shape index (κ1) is 18.2. The molecule has 1 aliphatic carbocycles. The van der Waals surface area contributed by atoms with Gasteiger partial charge in [-0.25, -0.2) is 4.39 Å². The van der Waals surface area contributed by atoms with Crippen LogP contribution in [0.1, 0.15) is 43.2 Å². The normalized spacial score (nSPS) is 15.4. The van der Waals surface area contributed by atoms with Crippen molar-refractivity contribution in [2.75, 3.05) is 13.6 Å². The molecule has 5 nitrogen and oxygen atoms in total. The average Bonchev–Trinajstić information content (AvgIpc) is 3.06. The monoisotopic (exact) mass is 334 g/mol. The molecule has 1 amide bonds. The first-order valence-electron chi connectivity index (χ1n) is 8.57. The second kappa shape index (κ2) is 9.25. The Labute approximate surface area is 143 Å². The largest absolute Gasteiger partial charge is 0.356 e. The van der Waals surface area contributed by atoms with Crippen molar-refractivity contribution in [3.8, 4) is 0 Å². The predicted molar refractivity (Wildman–Crippen MR) is 94.4 cm³/mol. The van der Waals surface area contributed by atoms with Crippen LogP contribution in [0.5, 0.6) is 0 Å². The van der Waals surface area contributed by atoms with Crippen LogP contribution in [-0.2, 0) is 11.3 Å². The lowest BCUT2D eigenvalue weighted by molar-refractivity contribution is -0.121. The van der Waals surface area contributed by atoms with Crippen LogP contribution in [0.2, 0.25) is 0 Å². The van der Waals surface area contributed by atoms with Gasteiger partial charge in [0, 0.05) is 32.6 Å². The Hall–Kier alpha value is -2.11. The third-order valence-corrected chi connectivity index (χ3v) is 4.28. The number of benzene rings is 1. The number of hydrogen-bond donors (Lipinski definition) is 3. The summed E-state index contributed by atoms with van der Waals surface area (Å²) in [6.45, 7) is 2.73. The van der Waals surface area contributed by atoms with Crippen molar-refractivity contribution in [1.82, 2.24) is 16.0 Å². The summed E-state index contributed by atoms with van der Waals surface area (Å²) in [6.07, 6.45) is 5.01. The van der Waals surface area contributed by atoms with Crippen LogP contribution in [0.3, 0.4) is 0 Å². The van der Waals surface area contributed by atoms with E-state index in [2.05, 4.69) is 20.9 Å². The quantitative estimate of drug-likeness (QED) is 0.552. The molecule has 1 fully saturated rings. The Bertz CT molecular complexity index is 582. The highest BCUT2D eigenvalue weighted by Gasteiger charge is 2.16. The van der Waals surface area contributed by atoms with E-state index in [1.54, 1.807) is 20.0 Å². The van der Waals surface area contributed by atoms with Crippen molar-refractivity contribution in [3.05, 3.63) is 35.1 Å². The zero-order valence-corrected chi connectivity index (χ0v) is 14.5. The summed E-state index contributed by atoms with van der Waals surface area (Å²) in [7, 11) is 1.67. The lowest BCUT2D eigenvalue weighted by Gasteiger charge is -2.14. The van der Waals surface area contributed by atoms with E-state index in [0.29, 0.717) is 37.1 Å². The number of carbonyl (C=O) groups is 1. The Morgan fingerprint density at radius 3 is 2.71 bits per heavy atom. The van der Waals surface area contributed by atoms with Crippen molar-refractivity contribution >= 4 is 11.9 Å². The highest BCUT2D eigenvalue weighted by Crippen LogP contribution is 2.17. The topological polar surface area (TPSA) is 65.5 Å². The predicted octanol–water partition coefficient (Wildman–Crippen LogP) is 2.25. The van der Waals surface area contributed by atoms with E-state index in [9.17, 15) is 9.18 Å². The standard InChI is InChI=1S/C18H27FN4O/c1-13-7-8-14(11-16(13)19)12-22-18(20-2)21-10-9-17(24)23-15-5-3-4-6-15/h7-8,11,15H,3-6,9-10,12H2,1-2H3,(H,23,24)(H2,20,21,22). The van der Waals surface area contributed by atoms with Crippen molar-refractivity contribution < 1.29 is 9.18 Å². The fourth-order valence-electron chi connectivity index (χ4n) is 2.82. The summed E-state index contributed by atoms with van der Waals surface area (Å²) < 4.78 is 13.5. The van der Waals surface area contributed by atoms with Gasteiger partial charge in [-0.1, -0.05) is 25.0 Å². The molecule has 0 atom stereocenters. The smallest absolute Gasteiger partial charge is 0.221 e. The van der Waals surface area contributed by atoms with Gasteiger partial charge in [0.2, 0.25) is 5.91 Å². The van der Waals surface area contributed by atoms with Gasteiger partial charge in [-0.15, -0.1) is 0 Å². The zero-order chi connectivity index (χ0) is 17.4. The van der Waals surface area contributed by atoms with Crippen LogP contribution in [0.4, 0.5) is 4.39 Å². The van der Waals surface area contributed by atoms with Crippen molar-refractivity contribution in [3.63, 3.8) is 0 Å². The van der Waals surface area contributed by atoms with Gasteiger partial charge in [0.05, 0.1) is 0 Å². The molecule has 1 aromatic carbocycles. The number of aryl methyl sites for hydroxylation is 1. The Morgan fingerprint density at radius 1 is 1.29 bits per heavy atom. The number of guanidine groups is 1. The van der Waals surface area contributed by atoms with Crippen LogP contribution in [0, 0.1) is 12.7 Å². The molecule has 3 N–H and O–H groups in total. The van der Waals surface area contributed by atoms with Gasteiger partial charge in [0.1, 0.15) is 5.82 Å². The van der Waals surface area contributed by atoms with E-state index in [1.165, 1.54) is 18.9 Å². The molecule has 6 heteroatoms. The maximum Gasteiger partial charge on any atom is 0.221 e. The lowest BCUT2D eigenvalue weighted by atomic mass is 10.1. The molecule has 0 unspecified atom stereocenters. The molecule has 0 aromatic heterocycles. The SMILES string of the molecule is CN=C(NCCC(=O)NC1CCCC1)NCc1ccc(C)c(F)c1. The molecule has 1 aliphatic rings. The number of halogens is 1. The second-order valence-corrected chi connectivity index (χ2v) is 6.23. The van der Waals surface area contributed by atoms with Crippen LogP contribution < -0.4 is 16.0 Å². The molecule has 0 aliphatic heterocycles. The number of aliphatic imine (C=N–C) groups is 1. The fraction of sp³-hybridized carbons (Fsp3) is 0.556. The van der Waals surface area contributed by atoms with E-state index in [0.717, 1.165) is 18.4 Å². The number of hydrogen-bond acceptors (Lipinski definition) is 2. The first-order chi connectivity index (χ1) is 11.6. The number of carbonyl (C=O) groups excluding carboxylic acids is 1. The Balaban J connectivity index is 1.68. The maximum atomic E-state index is 13.5. The van der Waals surface area contributed by atoms with Gasteiger partial charge >= 0.3 is 0 Å². The van der Waals surface area contributed by atoms with Crippen molar-refractivity contribution in [2.24, 2.45) is 4.99 Å². The third-order valence-electron chi connectivity index (χ3n) is 4.28. The Kier molecular flexibility index (Phi) is 7.03. The van der Waals surface area contributed by atoms with Gasteiger partial charge < -0.3 is 16.0 Å². The summed E-state index contributed by atoms with van der Waals surface area (Å²) >= 11 is 0. The minimum Gasteiger partial charge on any atom is -0.356 e. The number of amides is 1. The van der Waals surface area contributed by atoms with Gasteiger partial charge in [-0.3, -0.25) is 9.79 Å². The van der Waals surface area contributed by atoms with Crippen LogP contribution in [-0.4, -0.2) is 31.5 Å². The van der Waals surface area contributed by atoms with E-state index >= 15 is 0 Å². The molecule has 0 spiro atoms. The molecular weight excluding hydrogens is 307 g/mol. The minimum atomic E-state index is -0.208. The molecule has 1 aromatic rings. The van der Waals surface area contributed by atoms with E-state index in [4.69, 9.17) is 0 Å². The molecule has 0 saturated heterocycles. The molecular formula is C18H27FN4O. The lowest BCUT2D eigenvalue weighted by Crippen LogP contribution is -2.40. The zero-order valence-electron chi connectivity index (χ0n) is 14.5. The van der Waals surface area contributed by atoms with Crippen molar-refractivity contribution in [1.29, 1.82) is 0 Å². The van der Waals surface area contributed by atoms with Gasteiger partial charge in [-0.2, -0.15) is 0 Å². The first-order valence-corrected chi connectivity index (χ1v) is 8.57. The maximum absolute atomic E-state index is 13.5. The van der Waals surface area contributed by atoms with Crippen LogP contribution >= 0.6 is 0 Å². The van der Waals surface area contributed by atoms with E-state index < -0.39 is 0 Å². The Morgan fingerprint density at radius 2 is 2.04 bits per heavy atom. The van der Waals surface area contributed by atoms with E-state index in [1.807, 2.05) is 6.07 Å². The van der Waals surface area contributed by atoms with Gasteiger partial charge in [-0.05, 0) is 37.0 Å². The number of nitrogens with zero attached hydrogens (tertiary/aromatic N) is 1. The average molecular weight is 334 g/mol. The molecule has 132 valence electrons. The van der Waals surface area contributed by atoms with Crippen LogP contribution in [0.25, 0.3) is 0 Å². The fourth-order valence-corrected chi connectivity index (χ4v) is 2.82. The number of nitrogens with one attached hydrogen (secondary N) is 3. The second-order valence-electron chi connectivity index (χ2n) is 6.23.